The molecule has 3 aromatic rings. The first kappa shape index (κ1) is 19.9. The first-order chi connectivity index (χ1) is 14.8. The zero-order valence-electron chi connectivity index (χ0n) is 16.7. The van der Waals surface area contributed by atoms with Gasteiger partial charge in [0, 0.05) is 47.3 Å². The van der Waals surface area contributed by atoms with E-state index >= 15 is 0 Å². The van der Waals surface area contributed by atoms with E-state index in [9.17, 15) is 14.5 Å². The number of hydrogen-bond donors (Lipinski definition) is 0. The normalized spacial score (nSPS) is 20.2. The lowest BCUT2D eigenvalue weighted by atomic mass is 10.0. The standard InChI is InChI=1S/C21H19ClFN5O3/c1-21(12-27-10-19(28(29)30)25-20(27)31-21)11-26-5-4-18-13(9-26)2-3-17(24-18)14-6-15(22)8-16(23)7-14/h2-3,6-8,10H,4-5,9,11-12H2,1H3. The Morgan fingerprint density at radius 3 is 2.90 bits per heavy atom. The van der Waals surface area contributed by atoms with Gasteiger partial charge in [-0.2, -0.15) is 0 Å². The van der Waals surface area contributed by atoms with Gasteiger partial charge in [-0.1, -0.05) is 17.7 Å². The summed E-state index contributed by atoms with van der Waals surface area (Å²) in [6.45, 7) is 4.66. The van der Waals surface area contributed by atoms with Crippen molar-refractivity contribution in [2.75, 3.05) is 13.1 Å². The number of benzene rings is 1. The van der Waals surface area contributed by atoms with Gasteiger partial charge in [-0.15, -0.1) is 0 Å². The van der Waals surface area contributed by atoms with E-state index in [2.05, 4.69) is 9.88 Å². The molecule has 10 heteroatoms. The van der Waals surface area contributed by atoms with Crippen LogP contribution in [0.15, 0.2) is 36.5 Å². The second-order valence-electron chi connectivity index (χ2n) is 8.24. The predicted octanol–water partition coefficient (Wildman–Crippen LogP) is 3.86. The van der Waals surface area contributed by atoms with Gasteiger partial charge in [-0.05, 0) is 41.7 Å². The summed E-state index contributed by atoms with van der Waals surface area (Å²) in [5, 5.41) is 11.2. The zero-order valence-corrected chi connectivity index (χ0v) is 17.5. The molecule has 0 fully saturated rings. The van der Waals surface area contributed by atoms with Gasteiger partial charge in [0.2, 0.25) is 0 Å². The van der Waals surface area contributed by atoms with E-state index in [1.807, 2.05) is 19.1 Å². The van der Waals surface area contributed by atoms with Crippen LogP contribution in [0.25, 0.3) is 11.3 Å². The van der Waals surface area contributed by atoms with Crippen LogP contribution in [0.4, 0.5) is 10.2 Å². The highest BCUT2D eigenvalue weighted by Crippen LogP contribution is 2.33. The summed E-state index contributed by atoms with van der Waals surface area (Å²) in [5.74, 6) is -0.589. The molecule has 2 aliphatic heterocycles. The Labute approximate surface area is 182 Å². The van der Waals surface area contributed by atoms with Crippen molar-refractivity contribution in [1.29, 1.82) is 0 Å². The third-order valence-electron chi connectivity index (χ3n) is 5.60. The summed E-state index contributed by atoms with van der Waals surface area (Å²) in [7, 11) is 0. The van der Waals surface area contributed by atoms with Crippen molar-refractivity contribution in [3.63, 3.8) is 0 Å². The number of pyridine rings is 1. The Morgan fingerprint density at radius 1 is 1.32 bits per heavy atom. The van der Waals surface area contributed by atoms with E-state index in [4.69, 9.17) is 21.3 Å². The molecule has 4 heterocycles. The molecular weight excluding hydrogens is 425 g/mol. The van der Waals surface area contributed by atoms with Gasteiger partial charge in [-0.25, -0.2) is 4.39 Å². The molecule has 31 heavy (non-hydrogen) atoms. The minimum absolute atomic E-state index is 0.203. The van der Waals surface area contributed by atoms with Crippen LogP contribution < -0.4 is 4.74 Å². The number of fused-ring (bicyclic) bond motifs is 2. The van der Waals surface area contributed by atoms with E-state index < -0.39 is 10.5 Å². The van der Waals surface area contributed by atoms with Crippen molar-refractivity contribution in [2.24, 2.45) is 0 Å². The van der Waals surface area contributed by atoms with E-state index in [1.165, 1.54) is 18.3 Å². The minimum atomic E-state index is -0.521. The molecule has 2 aromatic heterocycles. The Bertz CT molecular complexity index is 1150. The summed E-state index contributed by atoms with van der Waals surface area (Å²) in [4.78, 5) is 21.3. The van der Waals surface area contributed by atoms with Crippen LogP contribution in [0.2, 0.25) is 5.02 Å². The third kappa shape index (κ3) is 3.86. The maximum absolute atomic E-state index is 13.7. The molecule has 0 amide bonds. The molecular formula is C21H19ClFN5O3. The fourth-order valence-corrected chi connectivity index (χ4v) is 4.53. The van der Waals surface area contributed by atoms with E-state index in [-0.39, 0.29) is 17.6 Å². The van der Waals surface area contributed by atoms with Crippen LogP contribution >= 0.6 is 11.6 Å². The molecule has 160 valence electrons. The molecule has 0 N–H and O–H groups in total. The van der Waals surface area contributed by atoms with Crippen LogP contribution in [0.1, 0.15) is 18.2 Å². The quantitative estimate of drug-likeness (QED) is 0.449. The van der Waals surface area contributed by atoms with Gasteiger partial charge >= 0.3 is 11.8 Å². The molecule has 1 unspecified atom stereocenters. The van der Waals surface area contributed by atoms with Gasteiger partial charge in [0.15, 0.2) is 0 Å². The summed E-state index contributed by atoms with van der Waals surface area (Å²) >= 11 is 5.98. The largest absolute Gasteiger partial charge is 0.436 e. The maximum Gasteiger partial charge on any atom is 0.415 e. The smallest absolute Gasteiger partial charge is 0.415 e. The van der Waals surface area contributed by atoms with Crippen molar-refractivity contribution < 1.29 is 14.1 Å². The van der Waals surface area contributed by atoms with E-state index in [0.717, 1.165) is 24.2 Å². The fourth-order valence-electron chi connectivity index (χ4n) is 4.31. The Kier molecular flexibility index (Phi) is 4.67. The number of nitro groups is 1. The second kappa shape index (κ2) is 7.28. The second-order valence-corrected chi connectivity index (χ2v) is 8.68. The first-order valence-electron chi connectivity index (χ1n) is 9.86. The van der Waals surface area contributed by atoms with Crippen LogP contribution in [0, 0.1) is 15.9 Å². The number of imidazole rings is 1. The highest BCUT2D eigenvalue weighted by molar-refractivity contribution is 6.30. The van der Waals surface area contributed by atoms with Gasteiger partial charge in [0.25, 0.3) is 0 Å². The molecule has 0 bridgehead atoms. The molecule has 5 rings (SSSR count). The lowest BCUT2D eigenvalue weighted by molar-refractivity contribution is -0.389. The van der Waals surface area contributed by atoms with Crippen molar-refractivity contribution in [3.8, 4) is 17.3 Å². The number of ether oxygens (including phenoxy) is 1. The van der Waals surface area contributed by atoms with Gasteiger partial charge in [0.1, 0.15) is 17.6 Å². The number of halogens is 2. The molecule has 0 spiro atoms. The number of nitrogens with zero attached hydrogens (tertiary/aromatic N) is 5. The molecule has 8 nitrogen and oxygen atoms in total. The monoisotopic (exact) mass is 443 g/mol. The van der Waals surface area contributed by atoms with Crippen molar-refractivity contribution in [2.45, 2.75) is 32.0 Å². The van der Waals surface area contributed by atoms with Crippen molar-refractivity contribution >= 4 is 17.4 Å². The molecule has 1 atom stereocenters. The Hall–Kier alpha value is -3.04. The van der Waals surface area contributed by atoms with Crippen LogP contribution in [0.3, 0.4) is 0 Å². The van der Waals surface area contributed by atoms with E-state index in [1.54, 1.807) is 10.6 Å². The topological polar surface area (TPSA) is 86.3 Å². The fraction of sp³-hybridized carbons (Fsp3) is 0.333. The Balaban J connectivity index is 1.29. The summed E-state index contributed by atoms with van der Waals surface area (Å²) in [6.07, 6.45) is 2.18. The molecule has 1 aromatic carbocycles. The van der Waals surface area contributed by atoms with Crippen LogP contribution in [-0.2, 0) is 19.5 Å². The maximum atomic E-state index is 13.7. The lowest BCUT2D eigenvalue weighted by Crippen LogP contribution is -2.46. The molecule has 0 aliphatic carbocycles. The van der Waals surface area contributed by atoms with E-state index in [0.29, 0.717) is 35.9 Å². The van der Waals surface area contributed by atoms with Crippen molar-refractivity contribution in [3.05, 3.63) is 68.7 Å². The average Bonchev–Trinajstić information content (AvgIpc) is 3.22. The van der Waals surface area contributed by atoms with Gasteiger partial charge < -0.3 is 14.9 Å². The zero-order chi connectivity index (χ0) is 21.8. The molecule has 2 aliphatic rings. The number of rotatable bonds is 4. The van der Waals surface area contributed by atoms with Gasteiger partial charge in [0.05, 0.1) is 12.2 Å². The predicted molar refractivity (Wildman–Crippen MR) is 112 cm³/mol. The number of hydrogen-bond acceptors (Lipinski definition) is 6. The van der Waals surface area contributed by atoms with Crippen LogP contribution in [-0.4, -0.2) is 43.0 Å². The number of aromatic nitrogens is 3. The highest BCUT2D eigenvalue weighted by atomic mass is 35.5. The summed E-state index contributed by atoms with van der Waals surface area (Å²) < 4.78 is 21.3. The lowest BCUT2D eigenvalue weighted by Gasteiger charge is -2.34. The average molecular weight is 444 g/mol. The molecule has 0 saturated carbocycles. The van der Waals surface area contributed by atoms with Crippen LogP contribution in [0.5, 0.6) is 6.01 Å². The third-order valence-corrected chi connectivity index (χ3v) is 5.82. The molecule has 0 saturated heterocycles. The Morgan fingerprint density at radius 2 is 2.16 bits per heavy atom. The van der Waals surface area contributed by atoms with Gasteiger partial charge in [-0.3, -0.25) is 14.5 Å². The summed E-state index contributed by atoms with van der Waals surface area (Å²) in [6, 6.07) is 8.61. The first-order valence-corrected chi connectivity index (χ1v) is 10.2. The summed E-state index contributed by atoms with van der Waals surface area (Å²) in [5.41, 5.74) is 2.96. The minimum Gasteiger partial charge on any atom is -0.436 e. The molecule has 0 radical (unpaired) electrons. The van der Waals surface area contributed by atoms with Crippen molar-refractivity contribution in [1.82, 2.24) is 19.4 Å². The SMILES string of the molecule is CC1(CN2CCc3nc(-c4cc(F)cc(Cl)c4)ccc3C2)Cn2cc([N+](=O)[O-])nc2O1. The highest BCUT2D eigenvalue weighted by Gasteiger charge is 2.41.